The number of benzene rings is 2. The summed E-state index contributed by atoms with van der Waals surface area (Å²) in [6.45, 7) is 3.34. The molecule has 0 atom stereocenters. The van der Waals surface area contributed by atoms with Crippen LogP contribution in [0.15, 0.2) is 47.5 Å². The Balaban J connectivity index is 1.66. The van der Waals surface area contributed by atoms with Gasteiger partial charge in [0.25, 0.3) is 0 Å². The smallest absolute Gasteiger partial charge is 0.128 e. The minimum atomic E-state index is -0.156. The lowest BCUT2D eigenvalue weighted by Crippen LogP contribution is -2.58. The summed E-state index contributed by atoms with van der Waals surface area (Å²) in [6.07, 6.45) is 2.84. The number of piperidine rings is 1. The Bertz CT molecular complexity index is 861. The van der Waals surface area contributed by atoms with Crippen LogP contribution < -0.4 is 16.0 Å². The van der Waals surface area contributed by atoms with Crippen LogP contribution in [-0.4, -0.2) is 38.2 Å². The van der Waals surface area contributed by atoms with E-state index in [1.165, 1.54) is 5.56 Å². The number of methoxy groups -OCH3 is 1. The lowest BCUT2D eigenvalue weighted by atomic mass is 9.84. The molecular weight excluding hydrogens is 372 g/mol. The number of nitrogens with zero attached hydrogens (tertiary/aromatic N) is 1. The summed E-state index contributed by atoms with van der Waals surface area (Å²) in [5, 5.41) is 11.7. The molecule has 5 nitrogen and oxygen atoms in total. The molecule has 3 N–H and O–H groups in total. The number of ether oxygens (including phenoxy) is 1. The van der Waals surface area contributed by atoms with Crippen LogP contribution in [0, 0.1) is 0 Å². The Morgan fingerprint density at radius 3 is 2.79 bits per heavy atom. The van der Waals surface area contributed by atoms with Crippen LogP contribution >= 0.6 is 11.6 Å². The zero-order valence-electron chi connectivity index (χ0n) is 16.2. The summed E-state index contributed by atoms with van der Waals surface area (Å²) in [5.74, 6) is 1.02. The molecule has 2 aromatic rings. The van der Waals surface area contributed by atoms with Gasteiger partial charge in [0.2, 0.25) is 0 Å². The Morgan fingerprint density at radius 2 is 2.00 bits per heavy atom. The molecule has 28 heavy (non-hydrogen) atoms. The molecule has 1 spiro atoms. The number of nitrogens with one attached hydrogen (secondary N) is 3. The molecular formula is C22H27ClN4O. The average Bonchev–Trinajstić information content (AvgIpc) is 2.71. The summed E-state index contributed by atoms with van der Waals surface area (Å²) >= 11 is 6.15. The normalized spacial score (nSPS) is 17.6. The number of rotatable bonds is 5. The third-order valence-electron chi connectivity index (χ3n) is 5.55. The van der Waals surface area contributed by atoms with E-state index in [1.807, 2.05) is 18.2 Å². The third kappa shape index (κ3) is 4.02. The standard InChI is InChI=1S/C22H27ClN4O/c1-28-13-8-17-5-3-7-19-20(17)26-21(22(27-19)9-11-24-12-10-22)25-15-16-4-2-6-18(23)14-16/h2-7,14,24,27H,8-13,15H2,1H3,(H,25,26). The number of hydrogen-bond acceptors (Lipinski definition) is 5. The fraction of sp³-hybridized carbons (Fsp3) is 0.409. The molecule has 2 heterocycles. The van der Waals surface area contributed by atoms with Crippen LogP contribution in [0.4, 0.5) is 11.4 Å². The SMILES string of the molecule is COCCc1cccc2c1N=C(NCc1cccc(Cl)c1)C1(CCNCC1)N2. The van der Waals surface area contributed by atoms with Gasteiger partial charge in [0.1, 0.15) is 5.84 Å². The number of anilines is 1. The van der Waals surface area contributed by atoms with Crippen molar-refractivity contribution in [1.82, 2.24) is 10.6 Å². The molecule has 2 aliphatic rings. The molecule has 4 rings (SSSR count). The minimum absolute atomic E-state index is 0.156. The molecule has 0 aromatic heterocycles. The van der Waals surface area contributed by atoms with Crippen molar-refractivity contribution < 1.29 is 4.74 Å². The Kier molecular flexibility index (Phi) is 5.85. The summed E-state index contributed by atoms with van der Waals surface area (Å²) in [5.41, 5.74) is 4.34. The summed E-state index contributed by atoms with van der Waals surface area (Å²) in [6, 6.07) is 14.3. The van der Waals surface area contributed by atoms with Gasteiger partial charge in [0, 0.05) is 18.7 Å². The van der Waals surface area contributed by atoms with Crippen LogP contribution in [0.5, 0.6) is 0 Å². The molecule has 1 fully saturated rings. The molecule has 2 aromatic carbocycles. The van der Waals surface area contributed by atoms with Gasteiger partial charge in [0.15, 0.2) is 0 Å². The van der Waals surface area contributed by atoms with Gasteiger partial charge >= 0.3 is 0 Å². The predicted octanol–water partition coefficient (Wildman–Crippen LogP) is 3.90. The Labute approximate surface area is 171 Å². The highest BCUT2D eigenvalue weighted by Crippen LogP contribution is 2.39. The van der Waals surface area contributed by atoms with E-state index in [4.69, 9.17) is 21.3 Å². The molecule has 6 heteroatoms. The van der Waals surface area contributed by atoms with Crippen molar-refractivity contribution in [3.63, 3.8) is 0 Å². The Hall–Kier alpha value is -2.08. The highest BCUT2D eigenvalue weighted by molar-refractivity contribution is 6.30. The predicted molar refractivity (Wildman–Crippen MR) is 116 cm³/mol. The van der Waals surface area contributed by atoms with Crippen molar-refractivity contribution in [2.75, 3.05) is 32.1 Å². The van der Waals surface area contributed by atoms with E-state index in [-0.39, 0.29) is 5.54 Å². The van der Waals surface area contributed by atoms with Crippen LogP contribution in [-0.2, 0) is 17.7 Å². The second-order valence-electron chi connectivity index (χ2n) is 7.46. The van der Waals surface area contributed by atoms with Gasteiger partial charge in [-0.3, -0.25) is 0 Å². The molecule has 148 valence electrons. The maximum absolute atomic E-state index is 6.15. The van der Waals surface area contributed by atoms with Gasteiger partial charge in [-0.1, -0.05) is 35.9 Å². The van der Waals surface area contributed by atoms with Crippen molar-refractivity contribution in [3.05, 3.63) is 58.6 Å². The summed E-state index contributed by atoms with van der Waals surface area (Å²) in [7, 11) is 1.74. The first-order chi connectivity index (χ1) is 13.7. The number of fused-ring (bicyclic) bond motifs is 1. The van der Waals surface area contributed by atoms with Crippen molar-refractivity contribution in [2.45, 2.75) is 31.3 Å². The van der Waals surface area contributed by atoms with E-state index in [2.05, 4.69) is 40.2 Å². The van der Waals surface area contributed by atoms with Crippen molar-refractivity contribution >= 4 is 28.8 Å². The first-order valence-corrected chi connectivity index (χ1v) is 10.3. The van der Waals surface area contributed by atoms with Gasteiger partial charge in [-0.2, -0.15) is 0 Å². The number of halogens is 1. The monoisotopic (exact) mass is 398 g/mol. The van der Waals surface area contributed by atoms with E-state index < -0.39 is 0 Å². The second kappa shape index (κ2) is 8.52. The molecule has 2 aliphatic heterocycles. The molecule has 0 aliphatic carbocycles. The van der Waals surface area contributed by atoms with Crippen LogP contribution in [0.3, 0.4) is 0 Å². The maximum Gasteiger partial charge on any atom is 0.128 e. The zero-order chi connectivity index (χ0) is 19.4. The van der Waals surface area contributed by atoms with E-state index in [0.717, 1.165) is 60.1 Å². The number of para-hydroxylation sites is 1. The average molecular weight is 399 g/mol. The van der Waals surface area contributed by atoms with Gasteiger partial charge in [0.05, 0.1) is 23.5 Å². The quantitative estimate of drug-likeness (QED) is 0.715. The largest absolute Gasteiger partial charge is 0.384 e. The number of hydrogen-bond donors (Lipinski definition) is 3. The fourth-order valence-corrected chi connectivity index (χ4v) is 4.24. The zero-order valence-corrected chi connectivity index (χ0v) is 17.0. The lowest BCUT2D eigenvalue weighted by molar-refractivity contribution is 0.202. The van der Waals surface area contributed by atoms with Crippen molar-refractivity contribution in [3.8, 4) is 0 Å². The van der Waals surface area contributed by atoms with E-state index in [1.54, 1.807) is 7.11 Å². The van der Waals surface area contributed by atoms with E-state index in [0.29, 0.717) is 13.2 Å². The van der Waals surface area contributed by atoms with Crippen LogP contribution in [0.2, 0.25) is 5.02 Å². The van der Waals surface area contributed by atoms with E-state index in [9.17, 15) is 0 Å². The summed E-state index contributed by atoms with van der Waals surface area (Å²) < 4.78 is 5.28. The fourth-order valence-electron chi connectivity index (χ4n) is 4.03. The topological polar surface area (TPSA) is 57.7 Å². The van der Waals surface area contributed by atoms with Crippen molar-refractivity contribution in [2.24, 2.45) is 4.99 Å². The second-order valence-corrected chi connectivity index (χ2v) is 7.89. The molecule has 0 bridgehead atoms. The lowest BCUT2D eigenvalue weighted by Gasteiger charge is -2.43. The molecule has 0 unspecified atom stereocenters. The molecule has 0 saturated carbocycles. The number of amidine groups is 1. The highest BCUT2D eigenvalue weighted by Gasteiger charge is 2.40. The van der Waals surface area contributed by atoms with Crippen LogP contribution in [0.25, 0.3) is 0 Å². The highest BCUT2D eigenvalue weighted by atomic mass is 35.5. The van der Waals surface area contributed by atoms with Crippen molar-refractivity contribution in [1.29, 1.82) is 0 Å². The van der Waals surface area contributed by atoms with Gasteiger partial charge < -0.3 is 20.7 Å². The minimum Gasteiger partial charge on any atom is -0.384 e. The van der Waals surface area contributed by atoms with E-state index >= 15 is 0 Å². The molecule has 0 amide bonds. The van der Waals surface area contributed by atoms with Gasteiger partial charge in [-0.05, 0) is 61.7 Å². The van der Waals surface area contributed by atoms with Gasteiger partial charge in [-0.15, -0.1) is 0 Å². The Morgan fingerprint density at radius 1 is 1.18 bits per heavy atom. The third-order valence-corrected chi connectivity index (χ3v) is 5.79. The molecule has 0 radical (unpaired) electrons. The summed E-state index contributed by atoms with van der Waals surface area (Å²) in [4.78, 5) is 5.14. The molecule has 1 saturated heterocycles. The van der Waals surface area contributed by atoms with Gasteiger partial charge in [-0.25, -0.2) is 4.99 Å². The first-order valence-electron chi connectivity index (χ1n) is 9.87. The first kappa shape index (κ1) is 19.2. The number of aliphatic imine (C=N–C) groups is 1. The maximum atomic E-state index is 6.15. The van der Waals surface area contributed by atoms with Crippen LogP contribution in [0.1, 0.15) is 24.0 Å².